The van der Waals surface area contributed by atoms with Gasteiger partial charge in [0.15, 0.2) is 5.69 Å². The van der Waals surface area contributed by atoms with E-state index >= 15 is 0 Å². The van der Waals surface area contributed by atoms with E-state index in [1.807, 2.05) is 35.7 Å². The second kappa shape index (κ2) is 9.45. The number of H-pyrrole nitrogens is 1. The van der Waals surface area contributed by atoms with Crippen LogP contribution in [0, 0.1) is 10.1 Å². The zero-order valence-electron chi connectivity index (χ0n) is 17.8. The lowest BCUT2D eigenvalue weighted by Crippen LogP contribution is -2.13. The number of nitrogens with one attached hydrogen (secondary N) is 1. The van der Waals surface area contributed by atoms with Crippen molar-refractivity contribution in [1.29, 1.82) is 0 Å². The highest BCUT2D eigenvalue weighted by molar-refractivity contribution is 7.12. The van der Waals surface area contributed by atoms with Gasteiger partial charge in [-0.15, -0.1) is 16.5 Å². The van der Waals surface area contributed by atoms with E-state index in [-0.39, 0.29) is 11.4 Å². The molecule has 1 N–H and O–H groups in total. The van der Waals surface area contributed by atoms with Crippen LogP contribution in [0.3, 0.4) is 0 Å². The molecule has 5 rings (SSSR count). The van der Waals surface area contributed by atoms with Crippen molar-refractivity contribution in [1.82, 2.24) is 14.8 Å². The molecule has 0 amide bonds. The number of rotatable bonds is 6. The van der Waals surface area contributed by atoms with Gasteiger partial charge in [0.2, 0.25) is 5.13 Å². The molecule has 3 aromatic carbocycles. The fourth-order valence-electron chi connectivity index (χ4n) is 3.33. The molecule has 5 aromatic rings. The lowest BCUT2D eigenvalue weighted by Gasteiger charge is -2.00. The molecule has 0 unspecified atom stereocenters. The third-order valence-electron chi connectivity index (χ3n) is 5.08. The molecule has 172 valence electrons. The molecule has 0 aliphatic carbocycles. The maximum absolute atomic E-state index is 13.4. The monoisotopic (exact) mass is 502 g/mol. The first kappa shape index (κ1) is 22.4. The van der Waals surface area contributed by atoms with Gasteiger partial charge in [0.25, 0.3) is 5.69 Å². The number of aromatic nitrogens is 3. The van der Waals surface area contributed by atoms with Crippen molar-refractivity contribution in [2.45, 2.75) is 0 Å². The van der Waals surface area contributed by atoms with Crippen LogP contribution in [0.4, 0.5) is 17.1 Å². The normalized spacial score (nSPS) is 11.2. The van der Waals surface area contributed by atoms with E-state index in [0.717, 1.165) is 11.3 Å². The van der Waals surface area contributed by atoms with Gasteiger partial charge in [-0.25, -0.2) is 4.98 Å². The Balaban J connectivity index is 1.60. The van der Waals surface area contributed by atoms with E-state index < -0.39 is 10.5 Å². The molecular weight excluding hydrogens is 488 g/mol. The van der Waals surface area contributed by atoms with Crippen LogP contribution in [-0.2, 0) is 0 Å². The zero-order chi connectivity index (χ0) is 24.4. The quantitative estimate of drug-likeness (QED) is 0.154. The van der Waals surface area contributed by atoms with Crippen molar-refractivity contribution in [3.05, 3.63) is 110 Å². The van der Waals surface area contributed by atoms with Gasteiger partial charge in [0, 0.05) is 33.7 Å². The molecular formula is C24H15ClN6O3S. The second-order valence-electron chi connectivity index (χ2n) is 7.34. The van der Waals surface area contributed by atoms with Crippen LogP contribution >= 0.6 is 22.9 Å². The van der Waals surface area contributed by atoms with Crippen molar-refractivity contribution in [3.8, 4) is 27.6 Å². The minimum absolute atomic E-state index is 0.0465. The predicted octanol–water partition coefficient (Wildman–Crippen LogP) is 6.93. The van der Waals surface area contributed by atoms with Crippen molar-refractivity contribution in [2.24, 2.45) is 10.2 Å². The molecule has 0 bridgehead atoms. The Kier molecular flexibility index (Phi) is 6.04. The summed E-state index contributed by atoms with van der Waals surface area (Å²) >= 11 is 7.22. The SMILES string of the molecule is O=c1c(N=Nc2ccc(Cl)cc2)c(-c2ccc([N+](=O)[O-])cc2)[nH]n1-c1nc(-c2ccccc2)cs1. The van der Waals surface area contributed by atoms with Crippen LogP contribution in [0.15, 0.2) is 99.3 Å². The van der Waals surface area contributed by atoms with Crippen molar-refractivity contribution in [2.75, 3.05) is 0 Å². The summed E-state index contributed by atoms with van der Waals surface area (Å²) in [5, 5.41) is 25.3. The number of hydrogen-bond acceptors (Lipinski definition) is 7. The van der Waals surface area contributed by atoms with Gasteiger partial charge in [-0.3, -0.25) is 20.0 Å². The summed E-state index contributed by atoms with van der Waals surface area (Å²) in [6.07, 6.45) is 0. The summed E-state index contributed by atoms with van der Waals surface area (Å²) in [7, 11) is 0. The van der Waals surface area contributed by atoms with Gasteiger partial charge in [-0.05, 0) is 36.4 Å². The number of aromatic amines is 1. The molecule has 0 saturated heterocycles. The number of benzene rings is 3. The molecule has 35 heavy (non-hydrogen) atoms. The molecule has 9 nitrogen and oxygen atoms in total. The highest BCUT2D eigenvalue weighted by atomic mass is 35.5. The van der Waals surface area contributed by atoms with E-state index in [9.17, 15) is 14.9 Å². The molecule has 0 aliphatic heterocycles. The first-order valence-corrected chi connectivity index (χ1v) is 11.5. The van der Waals surface area contributed by atoms with E-state index in [4.69, 9.17) is 11.6 Å². The number of halogens is 1. The van der Waals surface area contributed by atoms with Gasteiger partial charge >= 0.3 is 5.56 Å². The van der Waals surface area contributed by atoms with E-state index in [0.29, 0.717) is 27.1 Å². The second-order valence-corrected chi connectivity index (χ2v) is 8.61. The van der Waals surface area contributed by atoms with Crippen LogP contribution in [0.25, 0.3) is 27.6 Å². The fourth-order valence-corrected chi connectivity index (χ4v) is 4.25. The Morgan fingerprint density at radius 1 is 0.943 bits per heavy atom. The summed E-state index contributed by atoms with van der Waals surface area (Å²) in [4.78, 5) is 28.5. The maximum Gasteiger partial charge on any atom is 0.301 e. The number of nitro groups is 1. The van der Waals surface area contributed by atoms with Gasteiger partial charge in [-0.1, -0.05) is 41.9 Å². The Morgan fingerprint density at radius 2 is 1.66 bits per heavy atom. The van der Waals surface area contributed by atoms with Gasteiger partial charge in [0.05, 0.1) is 22.0 Å². The molecule has 2 aromatic heterocycles. The fraction of sp³-hybridized carbons (Fsp3) is 0. The summed E-state index contributed by atoms with van der Waals surface area (Å²) in [6, 6.07) is 22.1. The number of nitro benzene ring substituents is 1. The number of thiazole rings is 1. The number of hydrogen-bond donors (Lipinski definition) is 1. The lowest BCUT2D eigenvalue weighted by molar-refractivity contribution is -0.384. The lowest BCUT2D eigenvalue weighted by atomic mass is 10.1. The highest BCUT2D eigenvalue weighted by Crippen LogP contribution is 2.31. The minimum atomic E-state index is -0.487. The molecule has 0 saturated carbocycles. The van der Waals surface area contributed by atoms with Crippen LogP contribution in [0.2, 0.25) is 5.02 Å². The molecule has 0 aliphatic rings. The third kappa shape index (κ3) is 4.65. The van der Waals surface area contributed by atoms with Crippen molar-refractivity contribution < 1.29 is 4.92 Å². The first-order chi connectivity index (χ1) is 17.0. The van der Waals surface area contributed by atoms with E-state index in [1.165, 1.54) is 28.2 Å². The maximum atomic E-state index is 13.4. The van der Waals surface area contributed by atoms with Crippen LogP contribution in [0.1, 0.15) is 0 Å². The highest BCUT2D eigenvalue weighted by Gasteiger charge is 2.20. The molecule has 0 atom stereocenters. The number of azo groups is 1. The third-order valence-corrected chi connectivity index (χ3v) is 6.16. The van der Waals surface area contributed by atoms with E-state index in [2.05, 4.69) is 20.3 Å². The number of nitrogens with zero attached hydrogens (tertiary/aromatic N) is 5. The Bertz CT molecular complexity index is 1590. The Hall–Kier alpha value is -4.41. The average molecular weight is 503 g/mol. The molecule has 0 fully saturated rings. The zero-order valence-corrected chi connectivity index (χ0v) is 19.4. The summed E-state index contributed by atoms with van der Waals surface area (Å²) < 4.78 is 1.30. The van der Waals surface area contributed by atoms with Gasteiger partial charge in [-0.2, -0.15) is 9.80 Å². The van der Waals surface area contributed by atoms with Crippen molar-refractivity contribution >= 4 is 40.0 Å². The minimum Gasteiger partial charge on any atom is -0.286 e. The van der Waals surface area contributed by atoms with Crippen LogP contribution < -0.4 is 5.56 Å². The summed E-state index contributed by atoms with van der Waals surface area (Å²) in [6.45, 7) is 0. The van der Waals surface area contributed by atoms with Gasteiger partial charge < -0.3 is 0 Å². The predicted molar refractivity (Wildman–Crippen MR) is 135 cm³/mol. The largest absolute Gasteiger partial charge is 0.301 e. The molecule has 0 radical (unpaired) electrons. The summed E-state index contributed by atoms with van der Waals surface area (Å²) in [5.74, 6) is 0. The number of non-ortho nitro benzene ring substituents is 1. The van der Waals surface area contributed by atoms with Gasteiger partial charge in [0.1, 0.15) is 0 Å². The Morgan fingerprint density at radius 3 is 2.34 bits per heavy atom. The first-order valence-electron chi connectivity index (χ1n) is 10.3. The molecule has 11 heteroatoms. The smallest absolute Gasteiger partial charge is 0.286 e. The van der Waals surface area contributed by atoms with Crippen molar-refractivity contribution in [3.63, 3.8) is 0 Å². The molecule has 2 heterocycles. The Labute approximate surface area is 207 Å². The standard InChI is InChI=1S/C24H15ClN6O3S/c25-17-8-10-18(11-9-17)27-28-22-21(16-6-12-19(13-7-16)31(33)34)29-30(23(22)32)24-26-20(14-35-24)15-4-2-1-3-5-15/h1-14,29H. The average Bonchev–Trinajstić information content (AvgIpc) is 3.49. The van der Waals surface area contributed by atoms with E-state index in [1.54, 1.807) is 36.4 Å². The van der Waals surface area contributed by atoms with Crippen LogP contribution in [0.5, 0.6) is 0 Å². The van der Waals surface area contributed by atoms with Crippen LogP contribution in [-0.4, -0.2) is 19.7 Å². The molecule has 0 spiro atoms. The summed E-state index contributed by atoms with van der Waals surface area (Å²) in [5.41, 5.74) is 2.59. The topological polar surface area (TPSA) is 119 Å².